The molecule has 2 nitrogen and oxygen atoms in total. The highest BCUT2D eigenvalue weighted by Crippen LogP contribution is 2.37. The van der Waals surface area contributed by atoms with Crippen molar-refractivity contribution in [2.75, 3.05) is 6.61 Å². The molecular weight excluding hydrogens is 128 g/mol. The third kappa shape index (κ3) is 0.956. The molecule has 58 valence electrons. The van der Waals surface area contributed by atoms with E-state index >= 15 is 0 Å². The van der Waals surface area contributed by atoms with Crippen molar-refractivity contribution in [3.8, 4) is 0 Å². The van der Waals surface area contributed by atoms with Crippen molar-refractivity contribution in [3.05, 3.63) is 0 Å². The van der Waals surface area contributed by atoms with Crippen LogP contribution < -0.4 is 0 Å². The number of fused-ring (bicyclic) bond motifs is 1. The molecule has 1 saturated carbocycles. The second-order valence-electron chi connectivity index (χ2n) is 3.43. The Labute approximate surface area is 61.2 Å². The van der Waals surface area contributed by atoms with Crippen LogP contribution in [-0.4, -0.2) is 18.0 Å². The summed E-state index contributed by atoms with van der Waals surface area (Å²) in [5.41, 5.74) is 0. The summed E-state index contributed by atoms with van der Waals surface area (Å²) >= 11 is 0. The van der Waals surface area contributed by atoms with Gasteiger partial charge in [-0.3, -0.25) is 0 Å². The molecule has 0 unspecified atom stereocenters. The van der Waals surface area contributed by atoms with E-state index in [1.165, 1.54) is 25.7 Å². The highest BCUT2D eigenvalue weighted by molar-refractivity contribution is 4.81. The van der Waals surface area contributed by atoms with Gasteiger partial charge in [-0.2, -0.15) is 0 Å². The fourth-order valence-corrected chi connectivity index (χ4v) is 2.16. The average Bonchev–Trinajstić information content (AvgIpc) is 2.34. The van der Waals surface area contributed by atoms with Gasteiger partial charge in [0, 0.05) is 5.92 Å². The number of aliphatic hydroxyl groups excluding tert-OH is 1. The normalized spacial score (nSPS) is 47.1. The number of hydrogen-bond donors (Lipinski definition) is 1. The molecule has 2 heteroatoms. The van der Waals surface area contributed by atoms with Crippen LogP contribution in [0.2, 0.25) is 0 Å². The number of rotatable bonds is 0. The van der Waals surface area contributed by atoms with E-state index in [9.17, 15) is 5.11 Å². The minimum atomic E-state index is -0.440. The minimum Gasteiger partial charge on any atom is -0.368 e. The maximum atomic E-state index is 9.30. The number of aliphatic hydroxyl groups is 1. The molecule has 3 atom stereocenters. The Morgan fingerprint density at radius 3 is 2.80 bits per heavy atom. The molecule has 0 radical (unpaired) electrons. The molecule has 0 bridgehead atoms. The molecule has 0 spiro atoms. The Balaban J connectivity index is 2.01. The van der Waals surface area contributed by atoms with Gasteiger partial charge in [0.2, 0.25) is 0 Å². The molecule has 2 fully saturated rings. The van der Waals surface area contributed by atoms with Gasteiger partial charge in [0.05, 0.1) is 6.61 Å². The van der Waals surface area contributed by atoms with Crippen molar-refractivity contribution >= 4 is 0 Å². The lowest BCUT2D eigenvalue weighted by atomic mass is 9.81. The van der Waals surface area contributed by atoms with Crippen molar-refractivity contribution in [1.29, 1.82) is 0 Å². The molecule has 0 amide bonds. The molecule has 2 rings (SSSR count). The fraction of sp³-hybridized carbons (Fsp3) is 1.00. The van der Waals surface area contributed by atoms with Crippen LogP contribution >= 0.6 is 0 Å². The van der Waals surface area contributed by atoms with Crippen LogP contribution in [0.5, 0.6) is 0 Å². The lowest BCUT2D eigenvalue weighted by Crippen LogP contribution is -2.22. The van der Waals surface area contributed by atoms with Crippen LogP contribution in [0.25, 0.3) is 0 Å². The first kappa shape index (κ1) is 6.62. The topological polar surface area (TPSA) is 29.5 Å². The van der Waals surface area contributed by atoms with Crippen LogP contribution in [0.3, 0.4) is 0 Å². The van der Waals surface area contributed by atoms with Gasteiger partial charge >= 0.3 is 0 Å². The Kier molecular flexibility index (Phi) is 1.66. The van der Waals surface area contributed by atoms with Crippen LogP contribution in [0, 0.1) is 11.8 Å². The van der Waals surface area contributed by atoms with Crippen molar-refractivity contribution in [3.63, 3.8) is 0 Å². The summed E-state index contributed by atoms with van der Waals surface area (Å²) in [5, 5.41) is 9.30. The zero-order valence-corrected chi connectivity index (χ0v) is 6.12. The van der Waals surface area contributed by atoms with Gasteiger partial charge in [-0.1, -0.05) is 12.8 Å². The van der Waals surface area contributed by atoms with Crippen molar-refractivity contribution in [2.24, 2.45) is 11.8 Å². The summed E-state index contributed by atoms with van der Waals surface area (Å²) in [6, 6.07) is 0. The highest BCUT2D eigenvalue weighted by atomic mass is 16.6. The molecule has 1 N–H and O–H groups in total. The second-order valence-corrected chi connectivity index (χ2v) is 3.43. The van der Waals surface area contributed by atoms with Gasteiger partial charge in [-0.05, 0) is 18.8 Å². The molecule has 1 heterocycles. The average molecular weight is 142 g/mol. The minimum absolute atomic E-state index is 0.440. The lowest BCUT2D eigenvalue weighted by molar-refractivity contribution is -0.0844. The molecular formula is C8H14O2. The van der Waals surface area contributed by atoms with Crippen molar-refractivity contribution < 1.29 is 9.84 Å². The monoisotopic (exact) mass is 142 g/mol. The predicted octanol–water partition coefficient (Wildman–Crippen LogP) is 1.14. The van der Waals surface area contributed by atoms with Crippen molar-refractivity contribution in [2.45, 2.75) is 32.0 Å². The van der Waals surface area contributed by atoms with E-state index in [4.69, 9.17) is 4.74 Å². The van der Waals surface area contributed by atoms with Gasteiger partial charge in [0.25, 0.3) is 0 Å². The zero-order chi connectivity index (χ0) is 6.97. The van der Waals surface area contributed by atoms with E-state index in [2.05, 4.69) is 0 Å². The van der Waals surface area contributed by atoms with E-state index in [0.29, 0.717) is 11.8 Å². The van der Waals surface area contributed by atoms with E-state index in [1.54, 1.807) is 0 Å². The molecule has 0 aromatic heterocycles. The van der Waals surface area contributed by atoms with Gasteiger partial charge in [0.15, 0.2) is 6.29 Å². The summed E-state index contributed by atoms with van der Waals surface area (Å²) in [6.45, 7) is 0.797. The third-order valence-corrected chi connectivity index (χ3v) is 2.82. The summed E-state index contributed by atoms with van der Waals surface area (Å²) in [5.74, 6) is 1.14. The van der Waals surface area contributed by atoms with E-state index in [1.807, 2.05) is 0 Å². The molecule has 10 heavy (non-hydrogen) atoms. The number of ether oxygens (including phenoxy) is 1. The molecule has 2 aliphatic rings. The Morgan fingerprint density at radius 1 is 1.20 bits per heavy atom. The van der Waals surface area contributed by atoms with Gasteiger partial charge in [0.1, 0.15) is 0 Å². The summed E-state index contributed by atoms with van der Waals surface area (Å²) in [4.78, 5) is 0. The largest absolute Gasteiger partial charge is 0.368 e. The first-order valence-electron chi connectivity index (χ1n) is 4.17. The SMILES string of the molecule is O[C@@H]1OC[C@@H]2CCCC[C@H]21. The summed E-state index contributed by atoms with van der Waals surface area (Å²) < 4.78 is 5.16. The Morgan fingerprint density at radius 2 is 2.00 bits per heavy atom. The van der Waals surface area contributed by atoms with Crippen LogP contribution in [0.4, 0.5) is 0 Å². The zero-order valence-electron chi connectivity index (χ0n) is 6.12. The maximum absolute atomic E-state index is 9.30. The second kappa shape index (κ2) is 2.51. The predicted molar refractivity (Wildman–Crippen MR) is 37.4 cm³/mol. The summed E-state index contributed by atoms with van der Waals surface area (Å²) in [7, 11) is 0. The van der Waals surface area contributed by atoms with Crippen LogP contribution in [0.15, 0.2) is 0 Å². The molecule has 1 aliphatic carbocycles. The first-order valence-corrected chi connectivity index (χ1v) is 4.17. The maximum Gasteiger partial charge on any atom is 0.157 e. The highest BCUT2D eigenvalue weighted by Gasteiger charge is 2.37. The Hall–Kier alpha value is -0.0800. The fourth-order valence-electron chi connectivity index (χ4n) is 2.16. The van der Waals surface area contributed by atoms with Crippen LogP contribution in [0.1, 0.15) is 25.7 Å². The third-order valence-electron chi connectivity index (χ3n) is 2.82. The van der Waals surface area contributed by atoms with E-state index < -0.39 is 6.29 Å². The van der Waals surface area contributed by atoms with E-state index in [0.717, 1.165) is 6.61 Å². The van der Waals surface area contributed by atoms with Crippen LogP contribution in [-0.2, 0) is 4.74 Å². The summed E-state index contributed by atoms with van der Waals surface area (Å²) in [6.07, 6.45) is 4.61. The van der Waals surface area contributed by atoms with Gasteiger partial charge in [-0.25, -0.2) is 0 Å². The van der Waals surface area contributed by atoms with Gasteiger partial charge < -0.3 is 9.84 Å². The standard InChI is InChI=1S/C8H14O2/c9-8-7-4-2-1-3-6(7)5-10-8/h6-9H,1-5H2/t6-,7+,8+/m0/s1. The molecule has 1 saturated heterocycles. The number of hydrogen-bond acceptors (Lipinski definition) is 2. The molecule has 0 aromatic carbocycles. The first-order chi connectivity index (χ1) is 4.88. The lowest BCUT2D eigenvalue weighted by Gasteiger charge is -2.24. The molecule has 0 aromatic rings. The smallest absolute Gasteiger partial charge is 0.157 e. The Bertz CT molecular complexity index is 122. The van der Waals surface area contributed by atoms with E-state index in [-0.39, 0.29) is 0 Å². The molecule has 1 aliphatic heterocycles. The van der Waals surface area contributed by atoms with Crippen molar-refractivity contribution in [1.82, 2.24) is 0 Å². The quantitative estimate of drug-likeness (QED) is 0.549. The van der Waals surface area contributed by atoms with Gasteiger partial charge in [-0.15, -0.1) is 0 Å².